The van der Waals surface area contributed by atoms with Gasteiger partial charge in [-0.2, -0.15) is 9.89 Å². The molecular formula is C9H13N3. The van der Waals surface area contributed by atoms with Gasteiger partial charge < -0.3 is 0 Å². The van der Waals surface area contributed by atoms with E-state index in [0.717, 1.165) is 18.7 Å². The molecular weight excluding hydrogens is 150 g/mol. The second-order valence-electron chi connectivity index (χ2n) is 3.06. The highest BCUT2D eigenvalue weighted by Crippen LogP contribution is 2.07. The molecule has 1 aliphatic rings. The van der Waals surface area contributed by atoms with Gasteiger partial charge >= 0.3 is 0 Å². The van der Waals surface area contributed by atoms with Crippen LogP contribution in [0.25, 0.3) is 6.08 Å². The number of rotatable bonds is 2. The molecule has 3 nitrogen and oxygen atoms in total. The number of hydrogen-bond acceptors (Lipinski definition) is 2. The Morgan fingerprint density at radius 2 is 2.17 bits per heavy atom. The van der Waals surface area contributed by atoms with Gasteiger partial charge in [0.1, 0.15) is 0 Å². The maximum Gasteiger partial charge on any atom is 0.0583 e. The molecule has 0 unspecified atom stereocenters. The SMILES string of the molecule is C=Cc1cnn(N2CCCC2)c1. The lowest BCUT2D eigenvalue weighted by Crippen LogP contribution is -2.31. The van der Waals surface area contributed by atoms with E-state index >= 15 is 0 Å². The summed E-state index contributed by atoms with van der Waals surface area (Å²) in [7, 11) is 0. The first kappa shape index (κ1) is 7.40. The number of aromatic nitrogens is 2. The molecule has 1 aromatic rings. The molecule has 0 aliphatic carbocycles. The summed E-state index contributed by atoms with van der Waals surface area (Å²) in [6.45, 7) is 5.95. The van der Waals surface area contributed by atoms with Crippen LogP contribution >= 0.6 is 0 Å². The van der Waals surface area contributed by atoms with Gasteiger partial charge in [-0.1, -0.05) is 12.7 Å². The molecule has 0 aromatic carbocycles. The fraction of sp³-hybridized carbons (Fsp3) is 0.444. The van der Waals surface area contributed by atoms with E-state index in [4.69, 9.17) is 0 Å². The molecule has 0 radical (unpaired) electrons. The Morgan fingerprint density at radius 1 is 1.42 bits per heavy atom. The van der Waals surface area contributed by atoms with Gasteiger partial charge in [0.05, 0.1) is 12.4 Å². The molecule has 1 fully saturated rings. The van der Waals surface area contributed by atoms with Gasteiger partial charge in [0.15, 0.2) is 0 Å². The van der Waals surface area contributed by atoms with Gasteiger partial charge in [-0.15, -0.1) is 0 Å². The maximum absolute atomic E-state index is 4.24. The summed E-state index contributed by atoms with van der Waals surface area (Å²) < 4.78 is 0. The molecule has 1 saturated heterocycles. The summed E-state index contributed by atoms with van der Waals surface area (Å²) >= 11 is 0. The van der Waals surface area contributed by atoms with Gasteiger partial charge in [0.2, 0.25) is 0 Å². The monoisotopic (exact) mass is 163 g/mol. The van der Waals surface area contributed by atoms with Crippen molar-refractivity contribution >= 4 is 6.08 Å². The van der Waals surface area contributed by atoms with Crippen molar-refractivity contribution in [1.82, 2.24) is 9.89 Å². The summed E-state index contributed by atoms with van der Waals surface area (Å²) in [5, 5.41) is 6.48. The minimum Gasteiger partial charge on any atom is -0.297 e. The van der Waals surface area contributed by atoms with Crippen molar-refractivity contribution < 1.29 is 0 Å². The van der Waals surface area contributed by atoms with E-state index < -0.39 is 0 Å². The lowest BCUT2D eigenvalue weighted by Gasteiger charge is -2.16. The largest absolute Gasteiger partial charge is 0.297 e. The van der Waals surface area contributed by atoms with E-state index in [-0.39, 0.29) is 0 Å². The van der Waals surface area contributed by atoms with Gasteiger partial charge in [-0.25, -0.2) is 0 Å². The van der Waals surface area contributed by atoms with Gasteiger partial charge in [-0.3, -0.25) is 5.01 Å². The normalized spacial score (nSPS) is 16.8. The van der Waals surface area contributed by atoms with Crippen molar-refractivity contribution in [2.45, 2.75) is 12.8 Å². The quantitative estimate of drug-likeness (QED) is 0.654. The van der Waals surface area contributed by atoms with Gasteiger partial charge in [-0.05, 0) is 12.8 Å². The van der Waals surface area contributed by atoms with E-state index in [0.29, 0.717) is 0 Å². The molecule has 1 aromatic heterocycles. The van der Waals surface area contributed by atoms with E-state index in [2.05, 4.69) is 16.7 Å². The van der Waals surface area contributed by atoms with Crippen LogP contribution in [-0.2, 0) is 0 Å². The minimum absolute atomic E-state index is 1.09. The molecule has 0 bridgehead atoms. The molecule has 3 heteroatoms. The summed E-state index contributed by atoms with van der Waals surface area (Å²) in [6.07, 6.45) is 8.23. The first-order chi connectivity index (χ1) is 5.90. The Bertz CT molecular complexity index is 271. The molecule has 0 atom stereocenters. The van der Waals surface area contributed by atoms with Gasteiger partial charge in [0.25, 0.3) is 0 Å². The third-order valence-corrected chi connectivity index (χ3v) is 2.20. The molecule has 1 aliphatic heterocycles. The van der Waals surface area contributed by atoms with Crippen LogP contribution < -0.4 is 5.01 Å². The second-order valence-corrected chi connectivity index (χ2v) is 3.06. The number of nitrogens with zero attached hydrogens (tertiary/aromatic N) is 3. The summed E-state index contributed by atoms with van der Waals surface area (Å²) in [5.41, 5.74) is 1.09. The average molecular weight is 163 g/mol. The Kier molecular flexibility index (Phi) is 1.86. The van der Waals surface area contributed by atoms with Crippen LogP contribution in [0.5, 0.6) is 0 Å². The van der Waals surface area contributed by atoms with Crippen molar-refractivity contribution in [3.8, 4) is 0 Å². The molecule has 2 rings (SSSR count). The lowest BCUT2D eigenvalue weighted by atomic mass is 10.4. The Labute approximate surface area is 72.3 Å². The van der Waals surface area contributed by atoms with Crippen LogP contribution in [0, 0.1) is 0 Å². The average Bonchev–Trinajstić information content (AvgIpc) is 2.75. The topological polar surface area (TPSA) is 21.1 Å². The van der Waals surface area contributed by atoms with Crippen LogP contribution in [0.1, 0.15) is 18.4 Å². The van der Waals surface area contributed by atoms with Crippen LogP contribution in [-0.4, -0.2) is 23.0 Å². The number of hydrogen-bond donors (Lipinski definition) is 0. The third kappa shape index (κ3) is 1.22. The van der Waals surface area contributed by atoms with Crippen molar-refractivity contribution in [3.63, 3.8) is 0 Å². The predicted molar refractivity (Wildman–Crippen MR) is 49.5 cm³/mol. The maximum atomic E-state index is 4.24. The Morgan fingerprint density at radius 3 is 2.75 bits per heavy atom. The standard InChI is InChI=1S/C9H13N3/c1-2-9-7-10-12(8-9)11-5-3-4-6-11/h2,7-8H,1,3-6H2. The molecule has 0 spiro atoms. The predicted octanol–water partition coefficient (Wildman–Crippen LogP) is 1.26. The zero-order chi connectivity index (χ0) is 8.39. The van der Waals surface area contributed by atoms with E-state index in [1.165, 1.54) is 12.8 Å². The fourth-order valence-electron chi connectivity index (χ4n) is 1.49. The molecule has 64 valence electrons. The van der Waals surface area contributed by atoms with Crippen molar-refractivity contribution in [2.75, 3.05) is 18.1 Å². The van der Waals surface area contributed by atoms with E-state index in [1.54, 1.807) is 0 Å². The third-order valence-electron chi connectivity index (χ3n) is 2.20. The van der Waals surface area contributed by atoms with Crippen molar-refractivity contribution in [1.29, 1.82) is 0 Å². The molecule has 0 amide bonds. The molecule has 12 heavy (non-hydrogen) atoms. The highest BCUT2D eigenvalue weighted by molar-refractivity contribution is 5.43. The van der Waals surface area contributed by atoms with E-state index in [1.807, 2.05) is 23.3 Å². The summed E-state index contributed by atoms with van der Waals surface area (Å²) in [6, 6.07) is 0. The van der Waals surface area contributed by atoms with E-state index in [9.17, 15) is 0 Å². The zero-order valence-electron chi connectivity index (χ0n) is 7.11. The zero-order valence-corrected chi connectivity index (χ0v) is 7.11. The molecule has 2 heterocycles. The Hall–Kier alpha value is -1.25. The first-order valence-electron chi connectivity index (χ1n) is 4.32. The molecule has 0 saturated carbocycles. The fourth-order valence-corrected chi connectivity index (χ4v) is 1.49. The van der Waals surface area contributed by atoms with Crippen LogP contribution in [0.3, 0.4) is 0 Å². The van der Waals surface area contributed by atoms with Gasteiger partial charge in [0, 0.05) is 18.7 Å². The van der Waals surface area contributed by atoms with Crippen LogP contribution in [0.2, 0.25) is 0 Å². The minimum atomic E-state index is 1.09. The smallest absolute Gasteiger partial charge is 0.0583 e. The lowest BCUT2D eigenvalue weighted by molar-refractivity contribution is 0.589. The van der Waals surface area contributed by atoms with Crippen molar-refractivity contribution in [2.24, 2.45) is 0 Å². The summed E-state index contributed by atoms with van der Waals surface area (Å²) in [5.74, 6) is 0. The molecule has 0 N–H and O–H groups in total. The highest BCUT2D eigenvalue weighted by atomic mass is 15.7. The van der Waals surface area contributed by atoms with Crippen LogP contribution in [0.15, 0.2) is 19.0 Å². The first-order valence-corrected chi connectivity index (χ1v) is 4.32. The van der Waals surface area contributed by atoms with Crippen LogP contribution in [0.4, 0.5) is 0 Å². The van der Waals surface area contributed by atoms with Crippen molar-refractivity contribution in [3.05, 3.63) is 24.5 Å². The second kappa shape index (κ2) is 3.01. The highest BCUT2D eigenvalue weighted by Gasteiger charge is 2.11. The summed E-state index contributed by atoms with van der Waals surface area (Å²) in [4.78, 5) is 1.92. The Balaban J connectivity index is 2.16.